The molecule has 0 saturated heterocycles. The van der Waals surface area contributed by atoms with Gasteiger partial charge in [0.1, 0.15) is 0 Å². The van der Waals surface area contributed by atoms with Gasteiger partial charge in [-0.05, 0) is 25.5 Å². The molecule has 2 heterocycles. The lowest BCUT2D eigenvalue weighted by atomic mass is 9.96. The number of hydrogen-bond acceptors (Lipinski definition) is 7. The third-order valence-corrected chi connectivity index (χ3v) is 3.91. The van der Waals surface area contributed by atoms with Crippen LogP contribution in [0, 0.1) is 0 Å². The summed E-state index contributed by atoms with van der Waals surface area (Å²) in [5, 5.41) is 6.67. The molecule has 2 rings (SSSR count). The molecule has 8 nitrogen and oxygen atoms in total. The van der Waals surface area contributed by atoms with E-state index < -0.39 is 18.0 Å². The van der Waals surface area contributed by atoms with Crippen LogP contribution in [0.25, 0.3) is 0 Å². The molecule has 9 heteroatoms. The maximum absolute atomic E-state index is 12.1. The van der Waals surface area contributed by atoms with Gasteiger partial charge >= 0.3 is 5.97 Å². The molecule has 0 aliphatic heterocycles. The van der Waals surface area contributed by atoms with Crippen LogP contribution in [0.15, 0.2) is 22.9 Å². The Kier molecular flexibility index (Phi) is 6.90. The summed E-state index contributed by atoms with van der Waals surface area (Å²) in [6, 6.07) is 3.25. The van der Waals surface area contributed by atoms with Crippen LogP contribution >= 0.6 is 11.6 Å². The van der Waals surface area contributed by atoms with E-state index in [-0.39, 0.29) is 17.0 Å². The molecular formula is C18H23ClN4O4. The maximum Gasteiger partial charge on any atom is 0.306 e. The Hall–Kier alpha value is -2.48. The first kappa shape index (κ1) is 20.8. The van der Waals surface area contributed by atoms with Crippen LogP contribution in [0.2, 0.25) is 5.15 Å². The average Bonchev–Trinajstić information content (AvgIpc) is 3.06. The van der Waals surface area contributed by atoms with E-state index in [4.69, 9.17) is 20.9 Å². The van der Waals surface area contributed by atoms with Gasteiger partial charge in [0, 0.05) is 24.5 Å². The van der Waals surface area contributed by atoms with E-state index >= 15 is 0 Å². The topological polar surface area (TPSA) is 107 Å². The van der Waals surface area contributed by atoms with E-state index in [1.165, 1.54) is 13.1 Å². The van der Waals surface area contributed by atoms with Crippen LogP contribution in [-0.4, -0.2) is 33.1 Å². The molecule has 0 spiro atoms. The Bertz CT molecular complexity index is 801. The zero-order valence-corrected chi connectivity index (χ0v) is 16.5. The van der Waals surface area contributed by atoms with E-state index in [2.05, 4.69) is 20.4 Å². The van der Waals surface area contributed by atoms with Crippen molar-refractivity contribution in [2.24, 2.45) is 0 Å². The minimum Gasteiger partial charge on any atom is -0.453 e. The fourth-order valence-electron chi connectivity index (χ4n) is 2.07. The van der Waals surface area contributed by atoms with Gasteiger partial charge in [0.05, 0.1) is 5.69 Å². The quantitative estimate of drug-likeness (QED) is 0.566. The third-order valence-electron chi connectivity index (χ3n) is 3.60. The van der Waals surface area contributed by atoms with E-state index in [0.29, 0.717) is 30.2 Å². The number of amides is 1. The first-order chi connectivity index (χ1) is 12.7. The maximum atomic E-state index is 12.1. The number of nitrogens with one attached hydrogen (secondary N) is 1. The van der Waals surface area contributed by atoms with Gasteiger partial charge in [0.2, 0.25) is 5.89 Å². The van der Waals surface area contributed by atoms with E-state index in [0.717, 1.165) is 0 Å². The largest absolute Gasteiger partial charge is 0.453 e. The number of carbonyl (C=O) groups is 2. The Morgan fingerprint density at radius 2 is 2.11 bits per heavy atom. The number of anilines is 1. The van der Waals surface area contributed by atoms with Crippen molar-refractivity contribution in [1.82, 2.24) is 15.1 Å². The van der Waals surface area contributed by atoms with Gasteiger partial charge in [-0.3, -0.25) is 9.59 Å². The zero-order valence-electron chi connectivity index (χ0n) is 15.8. The van der Waals surface area contributed by atoms with Crippen molar-refractivity contribution in [2.45, 2.75) is 58.5 Å². The van der Waals surface area contributed by atoms with Crippen molar-refractivity contribution in [3.05, 3.63) is 35.2 Å². The summed E-state index contributed by atoms with van der Waals surface area (Å²) in [5.41, 5.74) is 0.166. The standard InChI is InChI=1S/C18H23ClN4O4/c1-11(16(25)21-12-7-6-10-20-15(12)19)26-14(24)9-5-8-13-22-17(23-27-13)18(2,3)4/h6-7,10-11H,5,8-9H2,1-4H3,(H,21,25). The van der Waals surface area contributed by atoms with Gasteiger partial charge in [-0.2, -0.15) is 4.98 Å². The summed E-state index contributed by atoms with van der Waals surface area (Å²) in [6.07, 6.45) is 1.63. The summed E-state index contributed by atoms with van der Waals surface area (Å²) in [5.74, 6) is 0.139. The number of aromatic nitrogens is 3. The Morgan fingerprint density at radius 1 is 1.37 bits per heavy atom. The minimum absolute atomic E-state index is 0.137. The fourth-order valence-corrected chi connectivity index (χ4v) is 2.23. The number of carbonyl (C=O) groups excluding carboxylic acids is 2. The lowest BCUT2D eigenvalue weighted by Crippen LogP contribution is -2.30. The lowest BCUT2D eigenvalue weighted by molar-refractivity contribution is -0.153. The highest BCUT2D eigenvalue weighted by molar-refractivity contribution is 6.32. The molecule has 0 radical (unpaired) electrons. The smallest absolute Gasteiger partial charge is 0.306 e. The second-order valence-corrected chi connectivity index (χ2v) is 7.44. The fraction of sp³-hybridized carbons (Fsp3) is 0.500. The molecule has 146 valence electrons. The number of aryl methyl sites for hydroxylation is 1. The highest BCUT2D eigenvalue weighted by Crippen LogP contribution is 2.19. The molecule has 0 bridgehead atoms. The molecule has 0 aromatic carbocycles. The Balaban J connectivity index is 1.75. The third kappa shape index (κ3) is 6.32. The first-order valence-electron chi connectivity index (χ1n) is 8.60. The predicted molar refractivity (Wildman–Crippen MR) is 99.4 cm³/mol. The molecule has 1 atom stereocenters. The summed E-state index contributed by atoms with van der Waals surface area (Å²) < 4.78 is 10.3. The number of ether oxygens (including phenoxy) is 1. The lowest BCUT2D eigenvalue weighted by Gasteiger charge is -2.13. The number of halogens is 1. The summed E-state index contributed by atoms with van der Waals surface area (Å²) in [4.78, 5) is 32.2. The van der Waals surface area contributed by atoms with Crippen LogP contribution in [0.1, 0.15) is 52.3 Å². The molecule has 0 fully saturated rings. The van der Waals surface area contributed by atoms with Crippen molar-refractivity contribution >= 4 is 29.2 Å². The molecule has 1 unspecified atom stereocenters. The van der Waals surface area contributed by atoms with Gasteiger partial charge in [-0.15, -0.1) is 0 Å². The van der Waals surface area contributed by atoms with E-state index in [1.807, 2.05) is 20.8 Å². The highest BCUT2D eigenvalue weighted by atomic mass is 35.5. The number of esters is 1. The predicted octanol–water partition coefficient (Wildman–Crippen LogP) is 3.31. The van der Waals surface area contributed by atoms with Crippen molar-refractivity contribution in [3.63, 3.8) is 0 Å². The summed E-state index contributed by atoms with van der Waals surface area (Å²) >= 11 is 5.88. The second-order valence-electron chi connectivity index (χ2n) is 7.08. The zero-order chi connectivity index (χ0) is 20.0. The van der Waals surface area contributed by atoms with Crippen molar-refractivity contribution in [3.8, 4) is 0 Å². The molecule has 0 saturated carbocycles. The van der Waals surface area contributed by atoms with E-state index in [9.17, 15) is 9.59 Å². The summed E-state index contributed by atoms with van der Waals surface area (Å²) in [6.45, 7) is 7.46. The SMILES string of the molecule is CC(OC(=O)CCCc1nc(C(C)(C)C)no1)C(=O)Nc1cccnc1Cl. The van der Waals surface area contributed by atoms with Crippen LogP contribution in [0.5, 0.6) is 0 Å². The Labute approximate surface area is 162 Å². The van der Waals surface area contributed by atoms with Gasteiger partial charge in [0.25, 0.3) is 5.91 Å². The molecule has 0 aliphatic carbocycles. The number of pyridine rings is 1. The van der Waals surface area contributed by atoms with Crippen molar-refractivity contribution in [1.29, 1.82) is 0 Å². The van der Waals surface area contributed by atoms with Crippen molar-refractivity contribution < 1.29 is 18.8 Å². The van der Waals surface area contributed by atoms with Gasteiger partial charge in [-0.1, -0.05) is 37.5 Å². The summed E-state index contributed by atoms with van der Waals surface area (Å²) in [7, 11) is 0. The molecule has 0 aliphatic rings. The molecule has 1 N–H and O–H groups in total. The normalized spacial score (nSPS) is 12.5. The number of hydrogen-bond donors (Lipinski definition) is 1. The number of nitrogens with zero attached hydrogens (tertiary/aromatic N) is 3. The minimum atomic E-state index is -0.954. The molecule has 1 amide bonds. The van der Waals surface area contributed by atoms with Crippen LogP contribution in [-0.2, 0) is 26.2 Å². The van der Waals surface area contributed by atoms with Crippen LogP contribution < -0.4 is 5.32 Å². The van der Waals surface area contributed by atoms with Gasteiger partial charge in [-0.25, -0.2) is 4.98 Å². The average molecular weight is 395 g/mol. The molecule has 2 aromatic rings. The van der Waals surface area contributed by atoms with E-state index in [1.54, 1.807) is 12.1 Å². The van der Waals surface area contributed by atoms with Gasteiger partial charge in [0.15, 0.2) is 17.1 Å². The highest BCUT2D eigenvalue weighted by Gasteiger charge is 2.22. The monoisotopic (exact) mass is 394 g/mol. The molecule has 2 aromatic heterocycles. The molecule has 27 heavy (non-hydrogen) atoms. The molecular weight excluding hydrogens is 372 g/mol. The Morgan fingerprint density at radius 3 is 2.74 bits per heavy atom. The second kappa shape index (κ2) is 8.94. The van der Waals surface area contributed by atoms with Gasteiger partial charge < -0.3 is 14.6 Å². The van der Waals surface area contributed by atoms with Crippen molar-refractivity contribution in [2.75, 3.05) is 5.32 Å². The first-order valence-corrected chi connectivity index (χ1v) is 8.98. The number of rotatable bonds is 7. The van der Waals surface area contributed by atoms with Crippen LogP contribution in [0.4, 0.5) is 5.69 Å². The van der Waals surface area contributed by atoms with Crippen LogP contribution in [0.3, 0.4) is 0 Å².